The van der Waals surface area contributed by atoms with E-state index in [2.05, 4.69) is 57.0 Å². The molecule has 1 aromatic heterocycles. The summed E-state index contributed by atoms with van der Waals surface area (Å²) in [5, 5.41) is 5.37. The summed E-state index contributed by atoms with van der Waals surface area (Å²) in [4.78, 5) is 67.9. The second-order valence-electron chi connectivity index (χ2n) is 15.7. The van der Waals surface area contributed by atoms with Gasteiger partial charge in [0.05, 0.1) is 51.9 Å². The zero-order valence-corrected chi connectivity index (χ0v) is 33.7. The third-order valence-electron chi connectivity index (χ3n) is 11.2. The van der Waals surface area contributed by atoms with Crippen LogP contribution in [0.25, 0.3) is 28.0 Å². The number of carbonyl (C=O) groups excluding carboxylic acids is 4. The lowest BCUT2D eigenvalue weighted by molar-refractivity contribution is -0.153. The fraction of sp³-hybridized carbons (Fsp3) is 0.442. The summed E-state index contributed by atoms with van der Waals surface area (Å²) in [5.74, 6) is -1.00. The first-order valence-electron chi connectivity index (χ1n) is 19.7. The molecule has 7 rings (SSSR count). The van der Waals surface area contributed by atoms with Gasteiger partial charge in [-0.1, -0.05) is 88.4 Å². The van der Waals surface area contributed by atoms with Crippen LogP contribution in [0.4, 0.5) is 9.59 Å². The molecule has 0 aliphatic carbocycles. The molecule has 4 aliphatic heterocycles. The number of rotatable bonds is 11. The lowest BCUT2D eigenvalue weighted by atomic mass is 9.95. The summed E-state index contributed by atoms with van der Waals surface area (Å²) in [6, 6.07) is 14.3. The number of benzene rings is 2. The van der Waals surface area contributed by atoms with Crippen LogP contribution in [0.15, 0.2) is 78.1 Å². The van der Waals surface area contributed by atoms with Crippen LogP contribution in [0.5, 0.6) is 0 Å². The Morgan fingerprint density at radius 3 is 1.93 bits per heavy atom. The number of carbonyl (C=O) groups is 4. The van der Waals surface area contributed by atoms with Crippen molar-refractivity contribution in [1.82, 2.24) is 30.4 Å². The highest BCUT2D eigenvalue weighted by Crippen LogP contribution is 2.39. The predicted molar refractivity (Wildman–Crippen MR) is 216 cm³/mol. The van der Waals surface area contributed by atoms with Crippen LogP contribution in [0.3, 0.4) is 0 Å². The third kappa shape index (κ3) is 8.27. The number of alkyl carbamates (subject to hydrolysis) is 2. The van der Waals surface area contributed by atoms with Gasteiger partial charge in [0.15, 0.2) is 5.79 Å². The Labute approximate surface area is 337 Å². The topological polar surface area (TPSA) is 177 Å². The van der Waals surface area contributed by atoms with Gasteiger partial charge in [-0.3, -0.25) is 14.6 Å². The number of likely N-dealkylation sites (tertiary alicyclic amines) is 1. The normalized spacial score (nSPS) is 20.7. The second-order valence-corrected chi connectivity index (χ2v) is 15.7. The lowest BCUT2D eigenvalue weighted by Crippen LogP contribution is -2.54. The molecular weight excluding hydrogens is 743 g/mol. The third-order valence-corrected chi connectivity index (χ3v) is 11.2. The monoisotopic (exact) mass is 793 g/mol. The zero-order chi connectivity index (χ0) is 41.1. The first kappa shape index (κ1) is 40.4. The van der Waals surface area contributed by atoms with Gasteiger partial charge in [0.25, 0.3) is 0 Å². The number of amides is 4. The molecule has 0 bridgehead atoms. The average molecular weight is 794 g/mol. The van der Waals surface area contributed by atoms with Gasteiger partial charge in [0.2, 0.25) is 11.8 Å². The number of H-pyrrole nitrogens is 1. The second kappa shape index (κ2) is 17.0. The first-order chi connectivity index (χ1) is 27.9. The first-order valence-corrected chi connectivity index (χ1v) is 19.7. The van der Waals surface area contributed by atoms with Gasteiger partial charge >= 0.3 is 12.2 Å². The smallest absolute Gasteiger partial charge is 0.407 e. The summed E-state index contributed by atoms with van der Waals surface area (Å²) < 4.78 is 21.6. The van der Waals surface area contributed by atoms with Crippen molar-refractivity contribution < 1.29 is 38.1 Å². The van der Waals surface area contributed by atoms with E-state index in [4.69, 9.17) is 23.9 Å². The molecule has 0 radical (unpaired) electrons. The van der Waals surface area contributed by atoms with E-state index >= 15 is 0 Å². The van der Waals surface area contributed by atoms with Crippen LogP contribution in [-0.2, 0) is 28.5 Å². The summed E-state index contributed by atoms with van der Waals surface area (Å²) in [6.45, 7) is 9.09. The van der Waals surface area contributed by atoms with E-state index in [1.54, 1.807) is 16.0 Å². The molecule has 2 aromatic carbocycles. The maximum Gasteiger partial charge on any atom is 0.407 e. The van der Waals surface area contributed by atoms with Gasteiger partial charge in [-0.05, 0) is 39.7 Å². The molecule has 2 saturated heterocycles. The van der Waals surface area contributed by atoms with Gasteiger partial charge in [-0.2, -0.15) is 0 Å². The number of nitrogens with zero attached hydrogens (tertiary/aromatic N) is 4. The summed E-state index contributed by atoms with van der Waals surface area (Å²) in [6.07, 6.45) is 7.21. The molecule has 306 valence electrons. The number of methoxy groups -OCH3 is 2. The molecule has 0 unspecified atom stereocenters. The Balaban J connectivity index is 0.997. The van der Waals surface area contributed by atoms with E-state index in [1.807, 2.05) is 58.2 Å². The minimum atomic E-state index is -0.896. The van der Waals surface area contributed by atoms with Gasteiger partial charge in [-0.25, -0.2) is 14.6 Å². The Morgan fingerprint density at radius 2 is 1.36 bits per heavy atom. The molecule has 15 heteroatoms. The number of hydrogen-bond donors (Lipinski definition) is 3. The van der Waals surface area contributed by atoms with Crippen LogP contribution in [0, 0.1) is 11.8 Å². The summed E-state index contributed by atoms with van der Waals surface area (Å²) >= 11 is 0. The molecule has 58 heavy (non-hydrogen) atoms. The zero-order valence-electron chi connectivity index (χ0n) is 33.7. The van der Waals surface area contributed by atoms with Gasteiger partial charge in [0, 0.05) is 31.3 Å². The van der Waals surface area contributed by atoms with Crippen LogP contribution in [0.2, 0.25) is 0 Å². The number of allylic oxidation sites excluding steroid dienone is 1. The Morgan fingerprint density at radius 1 is 0.810 bits per heavy atom. The van der Waals surface area contributed by atoms with Gasteiger partial charge in [-0.15, -0.1) is 0 Å². The summed E-state index contributed by atoms with van der Waals surface area (Å²) in [7, 11) is 2.55. The molecule has 3 N–H and O–H groups in total. The van der Waals surface area contributed by atoms with Gasteiger partial charge < -0.3 is 44.4 Å². The molecule has 15 nitrogen and oxygen atoms in total. The highest BCUT2D eigenvalue weighted by Gasteiger charge is 2.53. The van der Waals surface area contributed by atoms with Crippen molar-refractivity contribution in [3.8, 4) is 22.4 Å². The maximum atomic E-state index is 14.0. The molecule has 5 heterocycles. The van der Waals surface area contributed by atoms with Crippen molar-refractivity contribution in [2.75, 3.05) is 40.5 Å². The Bertz CT molecular complexity index is 2100. The van der Waals surface area contributed by atoms with Crippen LogP contribution in [-0.4, -0.2) is 114 Å². The molecule has 1 spiro atoms. The molecule has 0 saturated carbocycles. The predicted octanol–water partition coefficient (Wildman–Crippen LogP) is 5.47. The standard InChI is InChI=1S/C43H51N7O8/c1-25(2)36(47-41(53)55-5)39(51)49-17-7-8-34(49)38-45-23-33(46-38)30-15-13-28(14-16-30)27-9-11-29(12-10-27)31-20-32(44-22-31)35-21-43(57-18-19-58-43)24-50(35)40(52)37(26(3)4)48-42(54)56-6/h7-16,22-23,25-26,34-37H,17-21,24H2,1-6H3,(H,45,46)(H,47,53)(H,48,54)/t34-,35-,36-,37-/m0/s1. The van der Waals surface area contributed by atoms with Crippen LogP contribution < -0.4 is 10.6 Å². The van der Waals surface area contributed by atoms with Crippen molar-refractivity contribution in [2.24, 2.45) is 16.8 Å². The lowest BCUT2D eigenvalue weighted by Gasteiger charge is -2.31. The van der Waals surface area contributed by atoms with E-state index in [0.717, 1.165) is 39.2 Å². The van der Waals surface area contributed by atoms with Crippen LogP contribution >= 0.6 is 0 Å². The molecule has 3 aromatic rings. The fourth-order valence-corrected chi connectivity index (χ4v) is 8.00. The quantitative estimate of drug-likeness (QED) is 0.213. The number of hydrogen-bond acceptors (Lipinski definition) is 10. The minimum Gasteiger partial charge on any atom is -0.453 e. The highest BCUT2D eigenvalue weighted by atomic mass is 16.7. The Kier molecular flexibility index (Phi) is 11.8. The number of imidazole rings is 1. The van der Waals surface area contributed by atoms with Crippen molar-refractivity contribution in [3.63, 3.8) is 0 Å². The number of aliphatic imine (C=N–C) groups is 1. The molecular formula is C43H51N7O8. The van der Waals surface area contributed by atoms with Crippen molar-refractivity contribution >= 4 is 35.3 Å². The maximum absolute atomic E-state index is 14.0. The fourth-order valence-electron chi connectivity index (χ4n) is 8.00. The number of nitrogens with one attached hydrogen (secondary N) is 3. The average Bonchev–Trinajstić information content (AvgIpc) is 4.09. The summed E-state index contributed by atoms with van der Waals surface area (Å²) in [5.41, 5.74) is 6.78. The van der Waals surface area contributed by atoms with E-state index in [1.165, 1.54) is 14.2 Å². The number of aromatic nitrogens is 2. The number of aromatic amines is 1. The largest absolute Gasteiger partial charge is 0.453 e. The molecule has 4 amide bonds. The van der Waals surface area contributed by atoms with Crippen molar-refractivity contribution in [1.29, 1.82) is 0 Å². The van der Waals surface area contributed by atoms with Gasteiger partial charge in [0.1, 0.15) is 23.9 Å². The molecule has 2 fully saturated rings. The SMILES string of the molecule is COC(=O)N[C@H](C(=O)N1CC2(C[C@H]1C1=NC=C(c3ccc(-c4ccc(-c5cnc([C@@H]6C=CCN6C(=O)[C@@H](NC(=O)OC)C(C)C)[nH]5)cc4)cc3)C1)OCCO2)C(C)C. The minimum absolute atomic E-state index is 0.137. The van der Waals surface area contributed by atoms with Crippen LogP contribution in [0.1, 0.15) is 58.0 Å². The van der Waals surface area contributed by atoms with E-state index in [9.17, 15) is 19.2 Å². The van der Waals surface area contributed by atoms with Crippen molar-refractivity contribution in [2.45, 2.75) is 70.5 Å². The van der Waals surface area contributed by atoms with Crippen molar-refractivity contribution in [3.05, 3.63) is 84.5 Å². The highest BCUT2D eigenvalue weighted by molar-refractivity contribution is 6.04. The molecule has 4 atom stereocenters. The van der Waals surface area contributed by atoms with E-state index in [-0.39, 0.29) is 36.2 Å². The number of ether oxygens (including phenoxy) is 4. The van der Waals surface area contributed by atoms with E-state index in [0.29, 0.717) is 38.4 Å². The van der Waals surface area contributed by atoms with E-state index < -0.39 is 36.1 Å². The Hall–Kier alpha value is -5.80. The molecule has 4 aliphatic rings.